The van der Waals surface area contributed by atoms with Gasteiger partial charge in [-0.15, -0.1) is 11.3 Å². The van der Waals surface area contributed by atoms with Gasteiger partial charge in [0.2, 0.25) is 0 Å². The Balaban J connectivity index is 1.75. The number of hydrogen-bond donors (Lipinski definition) is 3. The second-order valence-electron chi connectivity index (χ2n) is 4.60. The molecule has 0 spiro atoms. The van der Waals surface area contributed by atoms with E-state index in [9.17, 15) is 9.59 Å². The summed E-state index contributed by atoms with van der Waals surface area (Å²) in [5.74, 6) is -1.07. The van der Waals surface area contributed by atoms with Gasteiger partial charge in [0, 0.05) is 12.0 Å². The van der Waals surface area contributed by atoms with Crippen LogP contribution < -0.4 is 10.6 Å². The number of ether oxygens (including phenoxy) is 1. The van der Waals surface area contributed by atoms with E-state index in [4.69, 9.17) is 9.84 Å². The maximum absolute atomic E-state index is 11.7. The molecule has 1 fully saturated rings. The molecule has 110 valence electrons. The topological polar surface area (TPSA) is 101 Å². The standard InChI is InChI=1S/C12H17N3O4S/c1-7(9-3-2-4-19-9)14-12(18)13-5-10-15-8(6-20-10)11(16)17/h6-7,9H,2-5H2,1H3,(H,16,17)(H2,13,14,18). The molecule has 1 aromatic rings. The molecule has 0 bridgehead atoms. The molecule has 1 aromatic heterocycles. The Morgan fingerprint density at radius 2 is 2.45 bits per heavy atom. The number of nitrogens with one attached hydrogen (secondary N) is 2. The Morgan fingerprint density at radius 3 is 3.05 bits per heavy atom. The Kier molecular flexibility index (Phi) is 4.91. The molecule has 0 aromatic carbocycles. The SMILES string of the molecule is CC(NC(=O)NCc1nc(C(=O)O)cs1)C1CCCO1. The number of thiazole rings is 1. The molecule has 1 saturated heterocycles. The zero-order valence-electron chi connectivity index (χ0n) is 11.1. The Bertz CT molecular complexity index is 485. The van der Waals surface area contributed by atoms with Crippen LogP contribution in [0.3, 0.4) is 0 Å². The fourth-order valence-electron chi connectivity index (χ4n) is 1.99. The summed E-state index contributed by atoms with van der Waals surface area (Å²) in [5, 5.41) is 16.2. The maximum Gasteiger partial charge on any atom is 0.355 e. The first-order valence-electron chi connectivity index (χ1n) is 6.40. The summed E-state index contributed by atoms with van der Waals surface area (Å²) in [6, 6.07) is -0.358. The largest absolute Gasteiger partial charge is 0.476 e. The predicted octanol–water partition coefficient (Wildman–Crippen LogP) is 1.21. The maximum atomic E-state index is 11.7. The van der Waals surface area contributed by atoms with Crippen molar-refractivity contribution in [3.8, 4) is 0 Å². The van der Waals surface area contributed by atoms with Gasteiger partial charge in [0.15, 0.2) is 5.69 Å². The van der Waals surface area contributed by atoms with Crippen LogP contribution in [-0.4, -0.2) is 40.8 Å². The van der Waals surface area contributed by atoms with Gasteiger partial charge < -0.3 is 20.5 Å². The van der Waals surface area contributed by atoms with Gasteiger partial charge in [-0.2, -0.15) is 0 Å². The van der Waals surface area contributed by atoms with Gasteiger partial charge in [-0.25, -0.2) is 14.6 Å². The first kappa shape index (κ1) is 14.7. The number of amides is 2. The molecule has 0 aliphatic carbocycles. The van der Waals surface area contributed by atoms with Crippen molar-refractivity contribution in [3.05, 3.63) is 16.1 Å². The van der Waals surface area contributed by atoms with E-state index in [1.165, 1.54) is 16.7 Å². The average Bonchev–Trinajstić information content (AvgIpc) is 3.07. The number of carboxylic acids is 1. The number of hydrogen-bond acceptors (Lipinski definition) is 5. The van der Waals surface area contributed by atoms with E-state index in [1.807, 2.05) is 6.92 Å². The van der Waals surface area contributed by atoms with E-state index in [0.717, 1.165) is 19.4 Å². The second-order valence-corrected chi connectivity index (χ2v) is 5.54. The fourth-order valence-corrected chi connectivity index (χ4v) is 2.70. The number of carboxylic acid groups (broad SMARTS) is 1. The zero-order valence-corrected chi connectivity index (χ0v) is 11.9. The molecule has 0 saturated carbocycles. The van der Waals surface area contributed by atoms with Crippen LogP contribution in [0.2, 0.25) is 0 Å². The minimum Gasteiger partial charge on any atom is -0.476 e. The Labute approximate surface area is 120 Å². The van der Waals surface area contributed by atoms with Gasteiger partial charge >= 0.3 is 12.0 Å². The molecule has 2 unspecified atom stereocenters. The smallest absolute Gasteiger partial charge is 0.355 e. The highest BCUT2D eigenvalue weighted by atomic mass is 32.1. The molecular weight excluding hydrogens is 282 g/mol. The predicted molar refractivity (Wildman–Crippen MR) is 72.9 cm³/mol. The normalized spacial score (nSPS) is 19.6. The summed E-state index contributed by atoms with van der Waals surface area (Å²) >= 11 is 1.20. The first-order chi connectivity index (χ1) is 9.56. The number of carbonyl (C=O) groups excluding carboxylic acids is 1. The summed E-state index contributed by atoms with van der Waals surface area (Å²) in [6.07, 6.45) is 2.05. The van der Waals surface area contributed by atoms with Crippen LogP contribution in [0.1, 0.15) is 35.3 Å². The highest BCUT2D eigenvalue weighted by Gasteiger charge is 2.23. The summed E-state index contributed by atoms with van der Waals surface area (Å²) in [7, 11) is 0. The highest BCUT2D eigenvalue weighted by molar-refractivity contribution is 7.09. The van der Waals surface area contributed by atoms with Crippen molar-refractivity contribution in [1.29, 1.82) is 0 Å². The molecule has 20 heavy (non-hydrogen) atoms. The minimum absolute atomic E-state index is 0.0000631. The molecule has 8 heteroatoms. The molecule has 2 atom stereocenters. The van der Waals surface area contributed by atoms with E-state index >= 15 is 0 Å². The van der Waals surface area contributed by atoms with Crippen LogP contribution in [0.15, 0.2) is 5.38 Å². The van der Waals surface area contributed by atoms with Crippen LogP contribution >= 0.6 is 11.3 Å². The summed E-state index contributed by atoms with van der Waals surface area (Å²) in [5.41, 5.74) is -0.0000631. The Morgan fingerprint density at radius 1 is 1.65 bits per heavy atom. The quantitative estimate of drug-likeness (QED) is 0.758. The molecule has 0 radical (unpaired) electrons. The van der Waals surface area contributed by atoms with E-state index in [2.05, 4.69) is 15.6 Å². The third kappa shape index (κ3) is 3.91. The molecule has 1 aliphatic rings. The van der Waals surface area contributed by atoms with Crippen LogP contribution in [-0.2, 0) is 11.3 Å². The third-order valence-corrected chi connectivity index (χ3v) is 3.90. The van der Waals surface area contributed by atoms with Crippen molar-refractivity contribution < 1.29 is 19.4 Å². The number of aromatic nitrogens is 1. The number of urea groups is 1. The molecule has 2 heterocycles. The third-order valence-electron chi connectivity index (χ3n) is 3.05. The molecule has 2 amide bonds. The lowest BCUT2D eigenvalue weighted by molar-refractivity contribution is 0.0691. The van der Waals surface area contributed by atoms with Crippen LogP contribution in [0.5, 0.6) is 0 Å². The van der Waals surface area contributed by atoms with Gasteiger partial charge in [-0.3, -0.25) is 0 Å². The monoisotopic (exact) mass is 299 g/mol. The van der Waals surface area contributed by atoms with Crippen molar-refractivity contribution in [1.82, 2.24) is 15.6 Å². The molecule has 7 nitrogen and oxygen atoms in total. The van der Waals surface area contributed by atoms with Crippen LogP contribution in [0.4, 0.5) is 4.79 Å². The lowest BCUT2D eigenvalue weighted by Gasteiger charge is -2.19. The van der Waals surface area contributed by atoms with Gasteiger partial charge in [0.25, 0.3) is 0 Å². The molecular formula is C12H17N3O4S. The van der Waals surface area contributed by atoms with Gasteiger partial charge in [0.1, 0.15) is 5.01 Å². The Hall–Kier alpha value is -1.67. The van der Waals surface area contributed by atoms with Gasteiger partial charge in [0.05, 0.1) is 18.7 Å². The van der Waals surface area contributed by atoms with Gasteiger partial charge in [-0.1, -0.05) is 0 Å². The van der Waals surface area contributed by atoms with E-state index in [0.29, 0.717) is 5.01 Å². The summed E-state index contributed by atoms with van der Waals surface area (Å²) in [6.45, 7) is 2.86. The van der Waals surface area contributed by atoms with E-state index < -0.39 is 5.97 Å². The summed E-state index contributed by atoms with van der Waals surface area (Å²) < 4.78 is 5.49. The van der Waals surface area contributed by atoms with Gasteiger partial charge in [-0.05, 0) is 19.8 Å². The number of carbonyl (C=O) groups is 2. The average molecular weight is 299 g/mol. The van der Waals surface area contributed by atoms with Crippen LogP contribution in [0.25, 0.3) is 0 Å². The van der Waals surface area contributed by atoms with Crippen molar-refractivity contribution in [3.63, 3.8) is 0 Å². The van der Waals surface area contributed by atoms with E-state index in [-0.39, 0.29) is 30.4 Å². The lowest BCUT2D eigenvalue weighted by atomic mass is 10.1. The fraction of sp³-hybridized carbons (Fsp3) is 0.583. The number of nitrogens with zero attached hydrogens (tertiary/aromatic N) is 1. The number of aromatic carboxylic acids is 1. The van der Waals surface area contributed by atoms with Crippen molar-refractivity contribution >= 4 is 23.3 Å². The molecule has 3 N–H and O–H groups in total. The minimum atomic E-state index is -1.07. The number of rotatable bonds is 5. The molecule has 2 rings (SSSR count). The highest BCUT2D eigenvalue weighted by Crippen LogP contribution is 2.15. The second kappa shape index (κ2) is 6.67. The van der Waals surface area contributed by atoms with Crippen molar-refractivity contribution in [2.24, 2.45) is 0 Å². The zero-order chi connectivity index (χ0) is 14.5. The van der Waals surface area contributed by atoms with Crippen LogP contribution in [0, 0.1) is 0 Å². The summed E-state index contributed by atoms with van der Waals surface area (Å²) in [4.78, 5) is 26.3. The van der Waals surface area contributed by atoms with Crippen molar-refractivity contribution in [2.45, 2.75) is 38.5 Å². The van der Waals surface area contributed by atoms with Crippen molar-refractivity contribution in [2.75, 3.05) is 6.61 Å². The molecule has 1 aliphatic heterocycles. The van der Waals surface area contributed by atoms with E-state index in [1.54, 1.807) is 0 Å². The first-order valence-corrected chi connectivity index (χ1v) is 7.28. The lowest BCUT2D eigenvalue weighted by Crippen LogP contribution is -2.45.